The normalized spacial score (nSPS) is 11.1. The first-order valence-corrected chi connectivity index (χ1v) is 7.13. The predicted octanol–water partition coefficient (Wildman–Crippen LogP) is 4.95. The van der Waals surface area contributed by atoms with Gasteiger partial charge in [-0.3, -0.25) is 0 Å². The van der Waals surface area contributed by atoms with Gasteiger partial charge < -0.3 is 5.32 Å². The van der Waals surface area contributed by atoms with E-state index < -0.39 is 0 Å². The predicted molar refractivity (Wildman–Crippen MR) is 83.6 cm³/mol. The van der Waals surface area contributed by atoms with E-state index in [2.05, 4.69) is 19.2 Å². The molecule has 1 nitrogen and oxygen atoms in total. The van der Waals surface area contributed by atoms with Crippen molar-refractivity contribution in [3.63, 3.8) is 0 Å². The van der Waals surface area contributed by atoms with E-state index in [0.717, 1.165) is 16.7 Å². The summed E-state index contributed by atoms with van der Waals surface area (Å²) in [5.74, 6) is -0.180. The average molecular weight is 292 g/mol. The highest BCUT2D eigenvalue weighted by Gasteiger charge is 2.08. The summed E-state index contributed by atoms with van der Waals surface area (Å²) < 4.78 is 13.7. The van der Waals surface area contributed by atoms with Crippen LogP contribution >= 0.6 is 11.6 Å². The van der Waals surface area contributed by atoms with Gasteiger partial charge in [0.2, 0.25) is 0 Å². The summed E-state index contributed by atoms with van der Waals surface area (Å²) in [5.41, 5.74) is 3.63. The lowest BCUT2D eigenvalue weighted by atomic mass is 9.98. The fourth-order valence-corrected chi connectivity index (χ4v) is 2.26. The van der Waals surface area contributed by atoms with Gasteiger partial charge in [0.05, 0.1) is 0 Å². The lowest BCUT2D eigenvalue weighted by Crippen LogP contribution is -2.22. The first kappa shape index (κ1) is 15.0. The van der Waals surface area contributed by atoms with E-state index >= 15 is 0 Å². The lowest BCUT2D eigenvalue weighted by molar-refractivity contribution is 0.589. The smallest absolute Gasteiger partial charge is 0.126 e. The number of nitrogens with one attached hydrogen (secondary N) is 1. The minimum absolute atomic E-state index is 0.180. The molecule has 1 N–H and O–H groups in total. The summed E-state index contributed by atoms with van der Waals surface area (Å²) in [7, 11) is 0. The van der Waals surface area contributed by atoms with Crippen LogP contribution in [0.2, 0.25) is 5.02 Å². The summed E-state index contributed by atoms with van der Waals surface area (Å²) in [6.45, 7) is 6.66. The third-order valence-electron chi connectivity index (χ3n) is 3.25. The van der Waals surface area contributed by atoms with Crippen molar-refractivity contribution >= 4 is 11.6 Å². The van der Waals surface area contributed by atoms with Crippen LogP contribution < -0.4 is 5.32 Å². The van der Waals surface area contributed by atoms with E-state index in [1.165, 1.54) is 0 Å². The Kier molecular flexibility index (Phi) is 4.79. The third-order valence-corrected chi connectivity index (χ3v) is 3.49. The van der Waals surface area contributed by atoms with Gasteiger partial charge in [-0.05, 0) is 47.4 Å². The number of rotatable bonds is 4. The molecule has 0 aromatic heterocycles. The van der Waals surface area contributed by atoms with Crippen LogP contribution in [0.3, 0.4) is 0 Å². The quantitative estimate of drug-likeness (QED) is 0.840. The Labute approximate surface area is 124 Å². The Morgan fingerprint density at radius 3 is 2.55 bits per heavy atom. The molecule has 0 saturated heterocycles. The molecule has 0 atom stereocenters. The topological polar surface area (TPSA) is 12.0 Å². The zero-order valence-corrected chi connectivity index (χ0v) is 12.8. The van der Waals surface area contributed by atoms with E-state index in [9.17, 15) is 4.39 Å². The zero-order valence-electron chi connectivity index (χ0n) is 12.0. The standard InChI is InChI=1S/C17H19ClFN/c1-11(2)20-10-14-8-15(18)6-7-16(14)13-5-4-12(3)17(19)9-13/h4-9,11,20H,10H2,1-3H3. The number of hydrogen-bond acceptors (Lipinski definition) is 1. The van der Waals surface area contributed by atoms with Crippen molar-refractivity contribution in [2.45, 2.75) is 33.4 Å². The molecule has 2 aromatic carbocycles. The van der Waals surface area contributed by atoms with Crippen molar-refractivity contribution in [2.24, 2.45) is 0 Å². The van der Waals surface area contributed by atoms with Crippen molar-refractivity contribution in [3.8, 4) is 11.1 Å². The van der Waals surface area contributed by atoms with Crippen molar-refractivity contribution in [1.82, 2.24) is 5.32 Å². The molecule has 0 aliphatic rings. The molecule has 0 unspecified atom stereocenters. The van der Waals surface area contributed by atoms with Crippen LogP contribution in [0.4, 0.5) is 4.39 Å². The summed E-state index contributed by atoms with van der Waals surface area (Å²) >= 11 is 6.07. The second kappa shape index (κ2) is 6.38. The Bertz CT molecular complexity index is 608. The Morgan fingerprint density at radius 1 is 1.15 bits per heavy atom. The van der Waals surface area contributed by atoms with Gasteiger partial charge in [0.15, 0.2) is 0 Å². The minimum atomic E-state index is -0.180. The zero-order chi connectivity index (χ0) is 14.7. The van der Waals surface area contributed by atoms with Gasteiger partial charge >= 0.3 is 0 Å². The van der Waals surface area contributed by atoms with Crippen molar-refractivity contribution < 1.29 is 4.39 Å². The highest BCUT2D eigenvalue weighted by atomic mass is 35.5. The van der Waals surface area contributed by atoms with Gasteiger partial charge in [-0.2, -0.15) is 0 Å². The molecule has 3 heteroatoms. The highest BCUT2D eigenvalue weighted by Crippen LogP contribution is 2.28. The molecule has 0 saturated carbocycles. The number of aryl methyl sites for hydroxylation is 1. The molecule has 0 bridgehead atoms. The average Bonchev–Trinajstić information content (AvgIpc) is 2.40. The molecular formula is C17H19ClFN. The highest BCUT2D eigenvalue weighted by molar-refractivity contribution is 6.30. The lowest BCUT2D eigenvalue weighted by Gasteiger charge is -2.14. The van der Waals surface area contributed by atoms with E-state index in [4.69, 9.17) is 11.6 Å². The van der Waals surface area contributed by atoms with E-state index in [1.807, 2.05) is 24.3 Å². The molecule has 106 valence electrons. The first-order valence-electron chi connectivity index (χ1n) is 6.75. The van der Waals surface area contributed by atoms with Crippen LogP contribution in [0.25, 0.3) is 11.1 Å². The minimum Gasteiger partial charge on any atom is -0.310 e. The van der Waals surface area contributed by atoms with Gasteiger partial charge in [-0.1, -0.05) is 43.6 Å². The molecule has 0 heterocycles. The molecular weight excluding hydrogens is 273 g/mol. The van der Waals surface area contributed by atoms with E-state index in [1.54, 1.807) is 19.1 Å². The fourth-order valence-electron chi connectivity index (χ4n) is 2.06. The first-order chi connectivity index (χ1) is 9.47. The van der Waals surface area contributed by atoms with Gasteiger partial charge in [0, 0.05) is 17.6 Å². The third kappa shape index (κ3) is 3.59. The van der Waals surface area contributed by atoms with Crippen LogP contribution in [0, 0.1) is 12.7 Å². The maximum Gasteiger partial charge on any atom is 0.126 e. The van der Waals surface area contributed by atoms with Crippen LogP contribution in [0.5, 0.6) is 0 Å². The number of benzene rings is 2. The summed E-state index contributed by atoms with van der Waals surface area (Å²) in [5, 5.41) is 4.07. The molecule has 0 spiro atoms. The molecule has 20 heavy (non-hydrogen) atoms. The van der Waals surface area contributed by atoms with Crippen LogP contribution in [0.1, 0.15) is 25.0 Å². The van der Waals surface area contributed by atoms with Crippen LogP contribution in [-0.2, 0) is 6.54 Å². The second-order valence-corrected chi connectivity index (χ2v) is 5.74. The van der Waals surface area contributed by atoms with Gasteiger partial charge in [-0.25, -0.2) is 4.39 Å². The second-order valence-electron chi connectivity index (χ2n) is 5.30. The maximum absolute atomic E-state index is 13.7. The number of halogens is 2. The van der Waals surface area contributed by atoms with Gasteiger partial charge in [0.1, 0.15) is 5.82 Å². The fraction of sp³-hybridized carbons (Fsp3) is 0.294. The Morgan fingerprint density at radius 2 is 1.90 bits per heavy atom. The van der Waals surface area contributed by atoms with E-state index in [-0.39, 0.29) is 5.82 Å². The Hall–Kier alpha value is -1.38. The van der Waals surface area contributed by atoms with Crippen LogP contribution in [-0.4, -0.2) is 6.04 Å². The van der Waals surface area contributed by atoms with Crippen LogP contribution in [0.15, 0.2) is 36.4 Å². The van der Waals surface area contributed by atoms with Crippen molar-refractivity contribution in [2.75, 3.05) is 0 Å². The van der Waals surface area contributed by atoms with Crippen molar-refractivity contribution in [1.29, 1.82) is 0 Å². The molecule has 2 rings (SSSR count). The summed E-state index contributed by atoms with van der Waals surface area (Å²) in [6.07, 6.45) is 0. The summed E-state index contributed by atoms with van der Waals surface area (Å²) in [4.78, 5) is 0. The monoisotopic (exact) mass is 291 g/mol. The molecule has 0 amide bonds. The molecule has 0 aliphatic carbocycles. The van der Waals surface area contributed by atoms with Crippen molar-refractivity contribution in [3.05, 3.63) is 58.4 Å². The molecule has 2 aromatic rings. The molecule has 0 aliphatic heterocycles. The maximum atomic E-state index is 13.7. The van der Waals surface area contributed by atoms with Gasteiger partial charge in [-0.15, -0.1) is 0 Å². The SMILES string of the molecule is Cc1ccc(-c2ccc(Cl)cc2CNC(C)C)cc1F. The summed E-state index contributed by atoms with van der Waals surface area (Å²) in [6, 6.07) is 11.4. The largest absolute Gasteiger partial charge is 0.310 e. The molecule has 0 radical (unpaired) electrons. The van der Waals surface area contributed by atoms with Gasteiger partial charge in [0.25, 0.3) is 0 Å². The Balaban J connectivity index is 2.41. The molecule has 0 fully saturated rings. The number of hydrogen-bond donors (Lipinski definition) is 1. The van der Waals surface area contributed by atoms with E-state index in [0.29, 0.717) is 23.2 Å².